The summed E-state index contributed by atoms with van der Waals surface area (Å²) in [4.78, 5) is 12.2. The molecule has 1 N–H and O–H groups in total. The molecule has 0 spiro atoms. The Morgan fingerprint density at radius 1 is 1.16 bits per heavy atom. The van der Waals surface area contributed by atoms with Gasteiger partial charge in [0.25, 0.3) is 5.91 Å². The molecule has 0 radical (unpaired) electrons. The number of hydrogen-bond acceptors (Lipinski definition) is 1. The van der Waals surface area contributed by atoms with Gasteiger partial charge in [-0.1, -0.05) is 28.1 Å². The Morgan fingerprint density at radius 3 is 2.37 bits per heavy atom. The molecule has 0 heterocycles. The van der Waals surface area contributed by atoms with Crippen LogP contribution in [0.3, 0.4) is 0 Å². The van der Waals surface area contributed by atoms with Crippen molar-refractivity contribution in [3.05, 3.63) is 35.4 Å². The third-order valence-electron chi connectivity index (χ3n) is 5.40. The summed E-state index contributed by atoms with van der Waals surface area (Å²) in [6.45, 7) is 0. The molecule has 0 aliphatic heterocycles. The number of nitrogens with one attached hydrogen (secondary N) is 1. The lowest BCUT2D eigenvalue weighted by molar-refractivity contribution is 0.0944. The number of carbonyl (C=O) groups excluding carboxylic acids is 1. The maximum atomic E-state index is 12.2. The number of fused-ring (bicyclic) bond motifs is 5. The van der Waals surface area contributed by atoms with Gasteiger partial charge in [0, 0.05) is 16.9 Å². The SMILES string of the molecule is O=C(NC1C2C3CCC(C3)C12)c1ccc(CBr)cc1. The topological polar surface area (TPSA) is 29.1 Å². The minimum absolute atomic E-state index is 0.111. The van der Waals surface area contributed by atoms with Gasteiger partial charge in [0.2, 0.25) is 0 Å². The van der Waals surface area contributed by atoms with E-state index in [-0.39, 0.29) is 5.91 Å². The molecule has 100 valence electrons. The molecule has 1 amide bonds. The van der Waals surface area contributed by atoms with Gasteiger partial charge < -0.3 is 5.32 Å². The molecule has 2 bridgehead atoms. The molecule has 0 aromatic heterocycles. The van der Waals surface area contributed by atoms with Gasteiger partial charge in [-0.15, -0.1) is 0 Å². The Kier molecular flexibility index (Phi) is 2.73. The lowest BCUT2D eigenvalue weighted by atomic mass is 10.0. The first kappa shape index (κ1) is 12.0. The Morgan fingerprint density at radius 2 is 1.79 bits per heavy atom. The highest BCUT2D eigenvalue weighted by Gasteiger charge is 2.65. The number of benzene rings is 1. The summed E-state index contributed by atoms with van der Waals surface area (Å²) in [5.41, 5.74) is 2.00. The van der Waals surface area contributed by atoms with Crippen LogP contribution >= 0.6 is 15.9 Å². The molecule has 3 fully saturated rings. The predicted molar refractivity (Wildman–Crippen MR) is 78.1 cm³/mol. The van der Waals surface area contributed by atoms with Crippen LogP contribution in [0, 0.1) is 23.7 Å². The van der Waals surface area contributed by atoms with Crippen LogP contribution < -0.4 is 5.32 Å². The molecule has 4 atom stereocenters. The highest BCUT2D eigenvalue weighted by Crippen LogP contribution is 2.65. The largest absolute Gasteiger partial charge is 0.349 e. The smallest absolute Gasteiger partial charge is 0.251 e. The zero-order valence-electron chi connectivity index (χ0n) is 10.8. The quantitative estimate of drug-likeness (QED) is 0.850. The molecular formula is C16H18BrNO. The molecule has 1 aromatic carbocycles. The number of alkyl halides is 1. The summed E-state index contributed by atoms with van der Waals surface area (Å²) in [5, 5.41) is 4.10. The van der Waals surface area contributed by atoms with E-state index in [9.17, 15) is 4.79 Å². The maximum Gasteiger partial charge on any atom is 0.251 e. The molecule has 3 aliphatic rings. The fourth-order valence-electron chi connectivity index (χ4n) is 4.50. The van der Waals surface area contributed by atoms with Crippen molar-refractivity contribution in [2.24, 2.45) is 23.7 Å². The Bertz CT molecular complexity index is 496. The van der Waals surface area contributed by atoms with Crippen LogP contribution in [-0.2, 0) is 5.33 Å². The standard InChI is InChI=1S/C16H18BrNO/c17-8-9-1-3-10(4-2-9)16(19)18-15-13-11-5-6-12(7-11)14(13)15/h1-4,11-15H,5-8H2,(H,18,19). The molecule has 1 aromatic rings. The second kappa shape index (κ2) is 4.34. The van der Waals surface area contributed by atoms with E-state index in [4.69, 9.17) is 0 Å². The van der Waals surface area contributed by atoms with Gasteiger partial charge in [-0.05, 0) is 60.6 Å². The van der Waals surface area contributed by atoms with E-state index in [1.54, 1.807) is 0 Å². The fourth-order valence-corrected chi connectivity index (χ4v) is 4.87. The van der Waals surface area contributed by atoms with Crippen LogP contribution in [0.2, 0.25) is 0 Å². The molecular weight excluding hydrogens is 302 g/mol. The first-order valence-electron chi connectivity index (χ1n) is 7.23. The minimum atomic E-state index is 0.111. The predicted octanol–water partition coefficient (Wildman–Crippen LogP) is 3.36. The summed E-state index contributed by atoms with van der Waals surface area (Å²) in [6.07, 6.45) is 4.23. The van der Waals surface area contributed by atoms with E-state index in [1.165, 1.54) is 24.8 Å². The average molecular weight is 320 g/mol. The van der Waals surface area contributed by atoms with Gasteiger partial charge in [-0.25, -0.2) is 0 Å². The highest BCUT2D eigenvalue weighted by molar-refractivity contribution is 9.08. The molecule has 4 unspecified atom stereocenters. The van der Waals surface area contributed by atoms with Crippen LogP contribution in [0.25, 0.3) is 0 Å². The van der Waals surface area contributed by atoms with Gasteiger partial charge in [0.1, 0.15) is 0 Å². The summed E-state index contributed by atoms with van der Waals surface area (Å²) in [5.74, 6) is 3.56. The van der Waals surface area contributed by atoms with E-state index in [2.05, 4.69) is 21.2 Å². The van der Waals surface area contributed by atoms with Crippen molar-refractivity contribution in [3.63, 3.8) is 0 Å². The number of carbonyl (C=O) groups is 1. The number of amides is 1. The first-order chi connectivity index (χ1) is 9.28. The van der Waals surface area contributed by atoms with Gasteiger partial charge >= 0.3 is 0 Å². The van der Waals surface area contributed by atoms with E-state index in [1.807, 2.05) is 24.3 Å². The van der Waals surface area contributed by atoms with Gasteiger partial charge in [0.15, 0.2) is 0 Å². The summed E-state index contributed by atoms with van der Waals surface area (Å²) in [6, 6.07) is 8.37. The zero-order valence-corrected chi connectivity index (χ0v) is 12.4. The third-order valence-corrected chi connectivity index (χ3v) is 6.05. The van der Waals surface area contributed by atoms with Crippen molar-refractivity contribution >= 4 is 21.8 Å². The second-order valence-electron chi connectivity index (χ2n) is 6.32. The Labute approximate surface area is 122 Å². The van der Waals surface area contributed by atoms with Crippen LogP contribution in [0.15, 0.2) is 24.3 Å². The molecule has 2 nitrogen and oxygen atoms in total. The number of halogens is 1. The molecule has 3 aliphatic carbocycles. The first-order valence-corrected chi connectivity index (χ1v) is 8.36. The highest BCUT2D eigenvalue weighted by atomic mass is 79.9. The Hall–Kier alpha value is -0.830. The summed E-state index contributed by atoms with van der Waals surface area (Å²) < 4.78 is 0. The van der Waals surface area contributed by atoms with Crippen LogP contribution in [-0.4, -0.2) is 11.9 Å². The van der Waals surface area contributed by atoms with Crippen molar-refractivity contribution in [2.45, 2.75) is 30.6 Å². The molecule has 19 heavy (non-hydrogen) atoms. The Balaban J connectivity index is 1.42. The van der Waals surface area contributed by atoms with E-state index in [0.29, 0.717) is 6.04 Å². The lowest BCUT2D eigenvalue weighted by Crippen LogP contribution is -2.29. The average Bonchev–Trinajstić information content (AvgIpc) is 2.85. The van der Waals surface area contributed by atoms with E-state index < -0.39 is 0 Å². The second-order valence-corrected chi connectivity index (χ2v) is 6.88. The van der Waals surface area contributed by atoms with Gasteiger partial charge in [0.05, 0.1) is 0 Å². The van der Waals surface area contributed by atoms with Crippen LogP contribution in [0.5, 0.6) is 0 Å². The van der Waals surface area contributed by atoms with Gasteiger partial charge in [-0.3, -0.25) is 4.79 Å². The van der Waals surface area contributed by atoms with Crippen molar-refractivity contribution in [2.75, 3.05) is 0 Å². The fraction of sp³-hybridized carbons (Fsp3) is 0.562. The molecule has 0 saturated heterocycles. The van der Waals surface area contributed by atoms with Crippen molar-refractivity contribution in [3.8, 4) is 0 Å². The van der Waals surface area contributed by atoms with Gasteiger partial charge in [-0.2, -0.15) is 0 Å². The molecule has 4 rings (SSSR count). The van der Waals surface area contributed by atoms with Crippen molar-refractivity contribution < 1.29 is 4.79 Å². The van der Waals surface area contributed by atoms with Crippen LogP contribution in [0.1, 0.15) is 35.2 Å². The normalized spacial score (nSPS) is 38.1. The maximum absolute atomic E-state index is 12.2. The van der Waals surface area contributed by atoms with Crippen molar-refractivity contribution in [1.29, 1.82) is 0 Å². The monoisotopic (exact) mass is 319 g/mol. The van der Waals surface area contributed by atoms with E-state index >= 15 is 0 Å². The minimum Gasteiger partial charge on any atom is -0.349 e. The van der Waals surface area contributed by atoms with Crippen LogP contribution in [0.4, 0.5) is 0 Å². The lowest BCUT2D eigenvalue weighted by Gasteiger charge is -2.10. The zero-order chi connectivity index (χ0) is 13.0. The number of rotatable bonds is 3. The van der Waals surface area contributed by atoms with E-state index in [0.717, 1.165) is 34.6 Å². The van der Waals surface area contributed by atoms with Crippen molar-refractivity contribution in [1.82, 2.24) is 5.32 Å². The molecule has 3 saturated carbocycles. The molecule has 3 heteroatoms. The third kappa shape index (κ3) is 1.85. The number of hydrogen-bond donors (Lipinski definition) is 1. The summed E-state index contributed by atoms with van der Waals surface area (Å²) >= 11 is 3.42. The summed E-state index contributed by atoms with van der Waals surface area (Å²) in [7, 11) is 0.